The first-order valence-corrected chi connectivity index (χ1v) is 6.04. The maximum absolute atomic E-state index is 11.7. The van der Waals surface area contributed by atoms with Gasteiger partial charge in [0.25, 0.3) is 0 Å². The van der Waals surface area contributed by atoms with Crippen LogP contribution in [0.5, 0.6) is 0 Å². The van der Waals surface area contributed by atoms with E-state index < -0.39 is 6.04 Å². The van der Waals surface area contributed by atoms with Crippen molar-refractivity contribution in [2.24, 2.45) is 5.73 Å². The third-order valence-corrected chi connectivity index (χ3v) is 2.94. The number of nitrogens with two attached hydrogens (primary N) is 1. The van der Waals surface area contributed by atoms with Crippen molar-refractivity contribution in [3.8, 4) is 0 Å². The molecule has 1 atom stereocenters. The van der Waals surface area contributed by atoms with Crippen LogP contribution >= 0.6 is 23.2 Å². The van der Waals surface area contributed by atoms with E-state index in [1.165, 1.54) is 6.33 Å². The first kappa shape index (κ1) is 14.2. The number of amides is 1. The number of rotatable bonds is 5. The first-order chi connectivity index (χ1) is 8.06. The van der Waals surface area contributed by atoms with E-state index >= 15 is 0 Å². The molecule has 1 aromatic rings. The highest BCUT2D eigenvalue weighted by atomic mass is 35.5. The van der Waals surface area contributed by atoms with Crippen LogP contribution < -0.4 is 11.1 Å². The Kier molecular flexibility index (Phi) is 5.61. The summed E-state index contributed by atoms with van der Waals surface area (Å²) in [5.74, 6) is -0.140. The number of carbonyl (C=O) groups excluding carboxylic acids is 1. The van der Waals surface area contributed by atoms with Crippen molar-refractivity contribution in [3.63, 3.8) is 0 Å². The lowest BCUT2D eigenvalue weighted by Gasteiger charge is -2.11. The molecule has 1 amide bonds. The molecule has 17 heavy (non-hydrogen) atoms. The van der Waals surface area contributed by atoms with E-state index in [2.05, 4.69) is 15.3 Å². The zero-order chi connectivity index (χ0) is 12.8. The zero-order valence-corrected chi connectivity index (χ0v) is 10.9. The molecule has 0 fully saturated rings. The van der Waals surface area contributed by atoms with Gasteiger partial charge in [0.05, 0.1) is 6.04 Å². The molecule has 3 N–H and O–H groups in total. The van der Waals surface area contributed by atoms with Crippen LogP contribution in [0.2, 0.25) is 10.2 Å². The highest BCUT2D eigenvalue weighted by Crippen LogP contribution is 2.25. The SMILES string of the molecule is CCCCC(N)C(=O)Nc1ncnc(Cl)c1Cl. The third kappa shape index (κ3) is 4.11. The van der Waals surface area contributed by atoms with Crippen LogP contribution in [-0.2, 0) is 4.79 Å². The van der Waals surface area contributed by atoms with Gasteiger partial charge in [-0.1, -0.05) is 43.0 Å². The molecular weight excluding hydrogens is 263 g/mol. The van der Waals surface area contributed by atoms with Crippen molar-refractivity contribution >= 4 is 34.9 Å². The molecule has 7 heteroatoms. The number of hydrogen-bond donors (Lipinski definition) is 2. The van der Waals surface area contributed by atoms with Gasteiger partial charge in [-0.05, 0) is 6.42 Å². The van der Waals surface area contributed by atoms with Crippen LogP contribution in [-0.4, -0.2) is 21.9 Å². The van der Waals surface area contributed by atoms with Gasteiger partial charge in [0.2, 0.25) is 5.91 Å². The Balaban J connectivity index is 2.64. The number of nitrogens with zero attached hydrogens (tertiary/aromatic N) is 2. The van der Waals surface area contributed by atoms with Crippen molar-refractivity contribution in [1.82, 2.24) is 9.97 Å². The first-order valence-electron chi connectivity index (χ1n) is 5.28. The van der Waals surface area contributed by atoms with E-state index in [1.54, 1.807) is 0 Å². The predicted molar refractivity (Wildman–Crippen MR) is 68.2 cm³/mol. The van der Waals surface area contributed by atoms with E-state index in [0.29, 0.717) is 6.42 Å². The van der Waals surface area contributed by atoms with Crippen LogP contribution in [0, 0.1) is 0 Å². The van der Waals surface area contributed by atoms with Crippen LogP contribution in [0.25, 0.3) is 0 Å². The van der Waals surface area contributed by atoms with E-state index in [0.717, 1.165) is 12.8 Å². The van der Waals surface area contributed by atoms with Crippen LogP contribution in [0.3, 0.4) is 0 Å². The van der Waals surface area contributed by atoms with Crippen molar-refractivity contribution in [3.05, 3.63) is 16.5 Å². The molecule has 0 aliphatic carbocycles. The number of halogens is 2. The summed E-state index contributed by atoms with van der Waals surface area (Å²) < 4.78 is 0. The van der Waals surface area contributed by atoms with Crippen LogP contribution in [0.15, 0.2) is 6.33 Å². The Morgan fingerprint density at radius 2 is 2.24 bits per heavy atom. The van der Waals surface area contributed by atoms with Gasteiger partial charge in [0, 0.05) is 0 Å². The quantitative estimate of drug-likeness (QED) is 0.809. The largest absolute Gasteiger partial charge is 0.320 e. The van der Waals surface area contributed by atoms with Gasteiger partial charge in [-0.25, -0.2) is 9.97 Å². The number of aromatic nitrogens is 2. The van der Waals surface area contributed by atoms with Gasteiger partial charge >= 0.3 is 0 Å². The van der Waals surface area contributed by atoms with Crippen LogP contribution in [0.1, 0.15) is 26.2 Å². The monoisotopic (exact) mass is 276 g/mol. The second-order valence-corrected chi connectivity index (χ2v) is 4.30. The summed E-state index contributed by atoms with van der Waals surface area (Å²) in [5.41, 5.74) is 5.71. The lowest BCUT2D eigenvalue weighted by molar-refractivity contribution is -0.117. The molecule has 0 bridgehead atoms. The van der Waals surface area contributed by atoms with Gasteiger partial charge < -0.3 is 11.1 Å². The van der Waals surface area contributed by atoms with E-state index in [-0.39, 0.29) is 21.9 Å². The molecular formula is C10H14Cl2N4O. The number of unbranched alkanes of at least 4 members (excludes halogenated alkanes) is 1. The van der Waals surface area contributed by atoms with Crippen molar-refractivity contribution in [2.75, 3.05) is 5.32 Å². The highest BCUT2D eigenvalue weighted by Gasteiger charge is 2.16. The molecule has 0 aromatic carbocycles. The number of hydrogen-bond acceptors (Lipinski definition) is 4. The molecule has 0 spiro atoms. The van der Waals surface area contributed by atoms with Gasteiger partial charge in [0.1, 0.15) is 11.3 Å². The lowest BCUT2D eigenvalue weighted by atomic mass is 10.1. The molecule has 0 aliphatic rings. The number of nitrogens with one attached hydrogen (secondary N) is 1. The average Bonchev–Trinajstić information content (AvgIpc) is 2.31. The van der Waals surface area contributed by atoms with E-state index in [4.69, 9.17) is 28.9 Å². The van der Waals surface area contributed by atoms with E-state index in [9.17, 15) is 4.79 Å². The summed E-state index contributed by atoms with van der Waals surface area (Å²) in [6.07, 6.45) is 3.73. The minimum atomic E-state index is -0.570. The molecule has 1 heterocycles. The highest BCUT2D eigenvalue weighted by molar-refractivity contribution is 6.42. The summed E-state index contributed by atoms with van der Waals surface area (Å²) >= 11 is 11.5. The summed E-state index contributed by atoms with van der Waals surface area (Å²) in [6, 6.07) is -0.570. The Labute approximate surface area is 110 Å². The third-order valence-electron chi connectivity index (χ3n) is 2.19. The Hall–Kier alpha value is -0.910. The normalized spacial score (nSPS) is 12.2. The second kappa shape index (κ2) is 6.74. The van der Waals surface area contributed by atoms with Crippen LogP contribution in [0.4, 0.5) is 5.82 Å². The smallest absolute Gasteiger partial charge is 0.242 e. The average molecular weight is 277 g/mol. The van der Waals surface area contributed by atoms with Crippen molar-refractivity contribution < 1.29 is 4.79 Å². The lowest BCUT2D eigenvalue weighted by Crippen LogP contribution is -2.35. The minimum absolute atomic E-state index is 0.0964. The fraction of sp³-hybridized carbons (Fsp3) is 0.500. The Morgan fingerprint density at radius 3 is 2.88 bits per heavy atom. The predicted octanol–water partition coefficient (Wildman–Crippen LogP) is 2.24. The fourth-order valence-electron chi connectivity index (χ4n) is 1.20. The topological polar surface area (TPSA) is 80.9 Å². The zero-order valence-electron chi connectivity index (χ0n) is 9.41. The summed E-state index contributed by atoms with van der Waals surface area (Å²) in [6.45, 7) is 2.03. The Morgan fingerprint density at radius 1 is 1.53 bits per heavy atom. The molecule has 0 aliphatic heterocycles. The molecule has 0 saturated heterocycles. The molecule has 94 valence electrons. The minimum Gasteiger partial charge on any atom is -0.320 e. The Bertz CT molecular complexity index is 400. The fourth-order valence-corrected chi connectivity index (χ4v) is 1.48. The van der Waals surface area contributed by atoms with Gasteiger partial charge in [-0.3, -0.25) is 4.79 Å². The molecule has 0 saturated carbocycles. The van der Waals surface area contributed by atoms with Gasteiger partial charge in [-0.15, -0.1) is 0 Å². The van der Waals surface area contributed by atoms with Crippen molar-refractivity contribution in [2.45, 2.75) is 32.2 Å². The van der Waals surface area contributed by atoms with Gasteiger partial charge in [0.15, 0.2) is 11.0 Å². The second-order valence-electron chi connectivity index (χ2n) is 3.57. The van der Waals surface area contributed by atoms with E-state index in [1.807, 2.05) is 6.92 Å². The molecule has 1 rings (SSSR count). The van der Waals surface area contributed by atoms with Crippen molar-refractivity contribution in [1.29, 1.82) is 0 Å². The molecule has 1 unspecified atom stereocenters. The molecule has 0 radical (unpaired) electrons. The maximum atomic E-state index is 11.7. The molecule has 1 aromatic heterocycles. The van der Waals surface area contributed by atoms with Gasteiger partial charge in [-0.2, -0.15) is 0 Å². The number of carbonyl (C=O) groups is 1. The summed E-state index contributed by atoms with van der Waals surface area (Å²) in [4.78, 5) is 19.2. The maximum Gasteiger partial charge on any atom is 0.242 e. The number of anilines is 1. The summed E-state index contributed by atoms with van der Waals surface area (Å²) in [5, 5.41) is 2.74. The standard InChI is InChI=1S/C10H14Cl2N4O/c1-2-3-4-6(13)10(17)16-9-7(11)8(12)14-5-15-9/h5-6H,2-4,13H2,1H3,(H,14,15,16,17). The summed E-state index contributed by atoms with van der Waals surface area (Å²) in [7, 11) is 0. The molecule has 5 nitrogen and oxygen atoms in total.